The van der Waals surface area contributed by atoms with E-state index in [1.165, 1.54) is 25.3 Å². The molecule has 0 aliphatic heterocycles. The van der Waals surface area contributed by atoms with Gasteiger partial charge in [0.25, 0.3) is 5.91 Å². The molecule has 0 unspecified atom stereocenters. The van der Waals surface area contributed by atoms with Crippen molar-refractivity contribution < 1.29 is 22.7 Å². The van der Waals surface area contributed by atoms with Gasteiger partial charge in [-0.1, -0.05) is 23.2 Å². The second-order valence-electron chi connectivity index (χ2n) is 6.64. The number of nitrogens with one attached hydrogen (secondary N) is 2. The van der Waals surface area contributed by atoms with Crippen molar-refractivity contribution >= 4 is 39.1 Å². The molecule has 0 fully saturated rings. The maximum absolute atomic E-state index is 12.6. The zero-order chi connectivity index (χ0) is 22.5. The molecule has 0 aliphatic carbocycles. The van der Waals surface area contributed by atoms with Crippen LogP contribution >= 0.6 is 23.2 Å². The van der Waals surface area contributed by atoms with Gasteiger partial charge in [-0.05, 0) is 56.7 Å². The van der Waals surface area contributed by atoms with Crippen molar-refractivity contribution in [1.82, 2.24) is 10.0 Å². The van der Waals surface area contributed by atoms with Crippen LogP contribution in [0.3, 0.4) is 0 Å². The first kappa shape index (κ1) is 24.3. The molecule has 0 aliphatic rings. The maximum Gasteiger partial charge on any atom is 0.253 e. The van der Waals surface area contributed by atoms with Crippen molar-refractivity contribution in [1.29, 1.82) is 0 Å². The third-order valence-corrected chi connectivity index (χ3v) is 6.18. The summed E-state index contributed by atoms with van der Waals surface area (Å²) in [6.45, 7) is 5.79. The molecular weight excluding hydrogens is 451 g/mol. The van der Waals surface area contributed by atoms with Crippen LogP contribution in [-0.4, -0.2) is 34.1 Å². The van der Waals surface area contributed by atoms with E-state index in [0.29, 0.717) is 28.7 Å². The van der Waals surface area contributed by atoms with Gasteiger partial charge in [0.15, 0.2) is 11.5 Å². The second-order valence-corrected chi connectivity index (χ2v) is 9.17. The highest BCUT2D eigenvalue weighted by Gasteiger charge is 2.20. The van der Waals surface area contributed by atoms with E-state index in [-0.39, 0.29) is 28.1 Å². The van der Waals surface area contributed by atoms with E-state index in [1.807, 2.05) is 6.92 Å². The number of carbonyl (C=O) groups excluding carboxylic acids is 1. The molecule has 2 N–H and O–H groups in total. The highest BCUT2D eigenvalue weighted by atomic mass is 35.5. The molecule has 7 nitrogen and oxygen atoms in total. The van der Waals surface area contributed by atoms with Crippen molar-refractivity contribution in [3.63, 3.8) is 0 Å². The monoisotopic (exact) mass is 474 g/mol. The highest BCUT2D eigenvalue weighted by molar-refractivity contribution is 7.89. The Hall–Kier alpha value is -2.00. The van der Waals surface area contributed by atoms with Gasteiger partial charge in [-0.3, -0.25) is 4.79 Å². The molecule has 10 heteroatoms. The maximum atomic E-state index is 12.6. The van der Waals surface area contributed by atoms with Crippen molar-refractivity contribution in [2.24, 2.45) is 0 Å². The molecule has 0 bridgehead atoms. The summed E-state index contributed by atoms with van der Waals surface area (Å²) in [6.07, 6.45) is 0. The van der Waals surface area contributed by atoms with E-state index in [0.717, 1.165) is 0 Å². The van der Waals surface area contributed by atoms with E-state index in [2.05, 4.69) is 10.0 Å². The lowest BCUT2D eigenvalue weighted by molar-refractivity contribution is 0.0951. The Morgan fingerprint density at radius 3 is 2.43 bits per heavy atom. The van der Waals surface area contributed by atoms with E-state index in [9.17, 15) is 13.2 Å². The third-order valence-electron chi connectivity index (χ3n) is 3.91. The van der Waals surface area contributed by atoms with Crippen molar-refractivity contribution in [2.75, 3.05) is 13.7 Å². The van der Waals surface area contributed by atoms with Gasteiger partial charge in [-0.25, -0.2) is 13.1 Å². The lowest BCUT2D eigenvalue weighted by atomic mass is 10.1. The normalized spacial score (nSPS) is 11.4. The van der Waals surface area contributed by atoms with E-state index < -0.39 is 15.9 Å². The molecule has 0 saturated heterocycles. The minimum atomic E-state index is -3.76. The van der Waals surface area contributed by atoms with Crippen LogP contribution in [0.4, 0.5) is 0 Å². The largest absolute Gasteiger partial charge is 0.493 e. The minimum Gasteiger partial charge on any atom is -0.493 e. The zero-order valence-electron chi connectivity index (χ0n) is 17.1. The summed E-state index contributed by atoms with van der Waals surface area (Å²) in [6, 6.07) is 7.04. The minimum absolute atomic E-state index is 0.0449. The number of halogens is 2. The number of sulfonamides is 1. The van der Waals surface area contributed by atoms with Gasteiger partial charge in [0, 0.05) is 12.6 Å². The molecule has 2 aromatic carbocycles. The van der Waals surface area contributed by atoms with Crippen LogP contribution in [0.5, 0.6) is 11.5 Å². The van der Waals surface area contributed by atoms with Gasteiger partial charge in [0.2, 0.25) is 10.0 Å². The molecule has 2 aromatic rings. The third kappa shape index (κ3) is 6.01. The van der Waals surface area contributed by atoms with Crippen LogP contribution in [-0.2, 0) is 16.6 Å². The smallest absolute Gasteiger partial charge is 0.253 e. The average molecular weight is 475 g/mol. The number of benzene rings is 2. The van der Waals surface area contributed by atoms with Crippen LogP contribution in [0.1, 0.15) is 36.7 Å². The average Bonchev–Trinajstić information content (AvgIpc) is 2.67. The first-order valence-corrected chi connectivity index (χ1v) is 11.4. The summed E-state index contributed by atoms with van der Waals surface area (Å²) < 4.78 is 38.0. The molecule has 30 heavy (non-hydrogen) atoms. The topological polar surface area (TPSA) is 93.7 Å². The van der Waals surface area contributed by atoms with Gasteiger partial charge in [0.05, 0.1) is 34.2 Å². The number of methoxy groups -OCH3 is 1. The summed E-state index contributed by atoms with van der Waals surface area (Å²) in [5, 5.41) is 3.20. The molecule has 0 saturated carbocycles. The molecular formula is C20H24Cl2N2O5S. The molecule has 2 rings (SSSR count). The van der Waals surface area contributed by atoms with Gasteiger partial charge < -0.3 is 14.8 Å². The van der Waals surface area contributed by atoms with E-state index in [4.69, 9.17) is 32.7 Å². The van der Waals surface area contributed by atoms with Gasteiger partial charge in [-0.2, -0.15) is 0 Å². The Kier molecular flexibility index (Phi) is 8.37. The van der Waals surface area contributed by atoms with Crippen molar-refractivity contribution in [2.45, 2.75) is 38.3 Å². The SMILES string of the molecule is CCOc1c(Cl)cc(CNC(=O)c2cc(S(=O)(=O)NC(C)C)ccc2Cl)cc1OC. The Bertz CT molecular complexity index is 1030. The fourth-order valence-electron chi connectivity index (χ4n) is 2.66. The van der Waals surface area contributed by atoms with Gasteiger partial charge in [-0.15, -0.1) is 0 Å². The highest BCUT2D eigenvalue weighted by Crippen LogP contribution is 2.36. The second kappa shape index (κ2) is 10.3. The Morgan fingerprint density at radius 1 is 1.13 bits per heavy atom. The van der Waals surface area contributed by atoms with Crippen molar-refractivity contribution in [3.05, 3.63) is 51.5 Å². The predicted octanol–water partition coefficient (Wildman–Crippen LogP) is 4.02. The molecule has 0 atom stereocenters. The van der Waals surface area contributed by atoms with Crippen LogP contribution in [0, 0.1) is 0 Å². The lowest BCUT2D eigenvalue weighted by Crippen LogP contribution is -2.30. The quantitative estimate of drug-likeness (QED) is 0.572. The van der Waals surface area contributed by atoms with Crippen LogP contribution in [0.25, 0.3) is 0 Å². The number of ether oxygens (including phenoxy) is 2. The van der Waals surface area contributed by atoms with E-state index >= 15 is 0 Å². The molecule has 1 amide bonds. The molecule has 0 spiro atoms. The van der Waals surface area contributed by atoms with E-state index in [1.54, 1.807) is 26.0 Å². The number of hydrogen-bond donors (Lipinski definition) is 2. The van der Waals surface area contributed by atoms with Gasteiger partial charge >= 0.3 is 0 Å². The predicted molar refractivity (Wildman–Crippen MR) is 117 cm³/mol. The van der Waals surface area contributed by atoms with Crippen LogP contribution < -0.4 is 19.5 Å². The molecule has 0 radical (unpaired) electrons. The summed E-state index contributed by atoms with van der Waals surface area (Å²) in [5.41, 5.74) is 0.724. The van der Waals surface area contributed by atoms with Gasteiger partial charge in [0.1, 0.15) is 0 Å². The summed E-state index contributed by atoms with van der Waals surface area (Å²) in [7, 11) is -2.27. The molecule has 0 aromatic heterocycles. The summed E-state index contributed by atoms with van der Waals surface area (Å²) in [4.78, 5) is 12.6. The molecule has 164 valence electrons. The number of amides is 1. The fraction of sp³-hybridized carbons (Fsp3) is 0.350. The fourth-order valence-corrected chi connectivity index (χ4v) is 4.43. The Labute approximate surface area is 186 Å². The summed E-state index contributed by atoms with van der Waals surface area (Å²) in [5.74, 6) is 0.348. The first-order chi connectivity index (χ1) is 14.1. The van der Waals surface area contributed by atoms with Crippen molar-refractivity contribution in [3.8, 4) is 11.5 Å². The summed E-state index contributed by atoms with van der Waals surface area (Å²) >= 11 is 12.4. The standard InChI is InChI=1S/C20H24Cl2N2O5S/c1-5-29-19-17(22)8-13(9-18(19)28-4)11-23-20(25)15-10-14(6-7-16(15)21)30(26,27)24-12(2)3/h6-10,12,24H,5,11H2,1-4H3,(H,23,25). The number of hydrogen-bond acceptors (Lipinski definition) is 5. The molecule has 0 heterocycles. The Morgan fingerprint density at radius 2 is 1.83 bits per heavy atom. The lowest BCUT2D eigenvalue weighted by Gasteiger charge is -2.14. The van der Waals surface area contributed by atoms with Crippen LogP contribution in [0.15, 0.2) is 35.2 Å². The Balaban J connectivity index is 2.23. The van der Waals surface area contributed by atoms with Crippen LogP contribution in [0.2, 0.25) is 10.0 Å². The number of carbonyl (C=O) groups is 1. The zero-order valence-corrected chi connectivity index (χ0v) is 19.4. The number of rotatable bonds is 9. The first-order valence-electron chi connectivity index (χ1n) is 9.18.